The van der Waals surface area contributed by atoms with Crippen LogP contribution >= 0.6 is 11.3 Å². The predicted molar refractivity (Wildman–Crippen MR) is 57.5 cm³/mol. The Labute approximate surface area is 86.3 Å². The van der Waals surface area contributed by atoms with Crippen molar-refractivity contribution in [1.82, 2.24) is 4.98 Å². The van der Waals surface area contributed by atoms with Gasteiger partial charge in [0.05, 0.1) is 10.2 Å². The van der Waals surface area contributed by atoms with E-state index < -0.39 is 9.84 Å². The van der Waals surface area contributed by atoms with E-state index in [1.165, 1.54) is 17.6 Å². The topological polar surface area (TPSA) is 47.0 Å². The fourth-order valence-corrected chi connectivity index (χ4v) is 3.11. The number of hydrogen-bond acceptors (Lipinski definition) is 4. The first-order valence-electron chi connectivity index (χ1n) is 4.05. The lowest BCUT2D eigenvalue weighted by atomic mass is 10.2. The molecule has 74 valence electrons. The van der Waals surface area contributed by atoms with Crippen LogP contribution in [0.15, 0.2) is 22.5 Å². The molecule has 0 atom stereocenters. The molecule has 2 aromatic rings. The number of rotatable bonds is 1. The van der Waals surface area contributed by atoms with Gasteiger partial charge in [-0.1, -0.05) is 12.1 Å². The summed E-state index contributed by atoms with van der Waals surface area (Å²) in [6, 6.07) is 5.66. The molecule has 0 N–H and O–H groups in total. The summed E-state index contributed by atoms with van der Waals surface area (Å²) in [5.41, 5.74) is 1.82. The van der Waals surface area contributed by atoms with Gasteiger partial charge in [-0.3, -0.25) is 0 Å². The van der Waals surface area contributed by atoms with Gasteiger partial charge >= 0.3 is 0 Å². The van der Waals surface area contributed by atoms with E-state index in [0.29, 0.717) is 0 Å². The third kappa shape index (κ3) is 1.53. The molecular formula is C9H9NO2S2. The van der Waals surface area contributed by atoms with Crippen LogP contribution in [0.3, 0.4) is 0 Å². The third-order valence-corrected chi connectivity index (χ3v) is 4.79. The van der Waals surface area contributed by atoms with Crippen molar-refractivity contribution in [3.8, 4) is 0 Å². The summed E-state index contributed by atoms with van der Waals surface area (Å²) < 4.78 is 23.7. The summed E-state index contributed by atoms with van der Waals surface area (Å²) in [6.07, 6.45) is 1.18. The first-order valence-corrected chi connectivity index (χ1v) is 6.75. The quantitative estimate of drug-likeness (QED) is 0.748. The molecule has 0 bridgehead atoms. The van der Waals surface area contributed by atoms with Gasteiger partial charge in [0.2, 0.25) is 14.2 Å². The van der Waals surface area contributed by atoms with Crippen LogP contribution in [-0.4, -0.2) is 19.7 Å². The fourth-order valence-electron chi connectivity index (χ4n) is 1.22. The predicted octanol–water partition coefficient (Wildman–Crippen LogP) is 2.01. The van der Waals surface area contributed by atoms with Crippen LogP contribution in [0.25, 0.3) is 10.2 Å². The molecule has 3 nitrogen and oxygen atoms in total. The van der Waals surface area contributed by atoms with Gasteiger partial charge in [-0.05, 0) is 18.6 Å². The zero-order valence-electron chi connectivity index (χ0n) is 7.81. The highest BCUT2D eigenvalue weighted by Crippen LogP contribution is 2.27. The number of thiazole rings is 1. The molecule has 0 aliphatic rings. The standard InChI is InChI=1S/C9H9NO2S2/c1-6-4-3-5-7-8(6)13-9(10-7)14(2,11)12/h3-5H,1-2H3. The lowest BCUT2D eigenvalue weighted by Crippen LogP contribution is -1.94. The number of hydrogen-bond donors (Lipinski definition) is 0. The summed E-state index contributed by atoms with van der Waals surface area (Å²) in [5, 5.41) is 0. The summed E-state index contributed by atoms with van der Waals surface area (Å²) in [5.74, 6) is 0. The van der Waals surface area contributed by atoms with Crippen molar-refractivity contribution >= 4 is 31.4 Å². The van der Waals surface area contributed by atoms with Gasteiger partial charge in [-0.25, -0.2) is 13.4 Å². The summed E-state index contributed by atoms with van der Waals surface area (Å²) in [4.78, 5) is 4.08. The van der Waals surface area contributed by atoms with Crippen LogP contribution in [0.5, 0.6) is 0 Å². The van der Waals surface area contributed by atoms with Gasteiger partial charge in [-0.2, -0.15) is 0 Å². The van der Waals surface area contributed by atoms with Crippen molar-refractivity contribution in [3.63, 3.8) is 0 Å². The Morgan fingerprint density at radius 2 is 2.07 bits per heavy atom. The molecule has 1 heterocycles. The molecule has 5 heteroatoms. The summed E-state index contributed by atoms with van der Waals surface area (Å²) in [6.45, 7) is 1.95. The van der Waals surface area contributed by atoms with E-state index in [9.17, 15) is 8.42 Å². The van der Waals surface area contributed by atoms with Crippen LogP contribution in [0.1, 0.15) is 5.56 Å². The van der Waals surface area contributed by atoms with Gasteiger partial charge in [0.1, 0.15) is 0 Å². The average Bonchev–Trinajstić information content (AvgIpc) is 2.48. The molecule has 0 spiro atoms. The van der Waals surface area contributed by atoms with Gasteiger partial charge in [0.15, 0.2) is 0 Å². The Bertz CT molecular complexity index is 584. The molecule has 2 rings (SSSR count). The highest BCUT2D eigenvalue weighted by Gasteiger charge is 2.14. The molecule has 0 aliphatic heterocycles. The van der Waals surface area contributed by atoms with Crippen molar-refractivity contribution < 1.29 is 8.42 Å². The first-order chi connectivity index (χ1) is 6.48. The van der Waals surface area contributed by atoms with E-state index in [-0.39, 0.29) is 4.34 Å². The maximum atomic E-state index is 11.3. The highest BCUT2D eigenvalue weighted by molar-refractivity contribution is 7.92. The van der Waals surface area contributed by atoms with E-state index in [4.69, 9.17) is 0 Å². The second-order valence-corrected chi connectivity index (χ2v) is 6.36. The number of sulfone groups is 1. The average molecular weight is 227 g/mol. The third-order valence-electron chi connectivity index (χ3n) is 1.91. The highest BCUT2D eigenvalue weighted by atomic mass is 32.2. The van der Waals surface area contributed by atoms with Crippen molar-refractivity contribution in [2.45, 2.75) is 11.3 Å². The number of aryl methyl sites for hydroxylation is 1. The Balaban J connectivity index is 2.81. The summed E-state index contributed by atoms with van der Waals surface area (Å²) in [7, 11) is -3.17. The smallest absolute Gasteiger partial charge is 0.210 e. The Morgan fingerprint density at radius 3 is 2.64 bits per heavy atom. The van der Waals surface area contributed by atoms with E-state index in [1.54, 1.807) is 0 Å². The Hall–Kier alpha value is -0.940. The normalized spacial score (nSPS) is 12.1. The van der Waals surface area contributed by atoms with Crippen molar-refractivity contribution in [1.29, 1.82) is 0 Å². The molecule has 0 aliphatic carbocycles. The monoisotopic (exact) mass is 227 g/mol. The molecular weight excluding hydrogens is 218 g/mol. The number of aromatic nitrogens is 1. The first kappa shape index (κ1) is 9.61. The Kier molecular flexibility index (Phi) is 2.08. The van der Waals surface area contributed by atoms with Crippen LogP contribution < -0.4 is 0 Å². The van der Waals surface area contributed by atoms with Gasteiger partial charge in [0, 0.05) is 6.26 Å². The minimum atomic E-state index is -3.17. The van der Waals surface area contributed by atoms with E-state index >= 15 is 0 Å². The number of fused-ring (bicyclic) bond motifs is 1. The molecule has 0 amide bonds. The lowest BCUT2D eigenvalue weighted by molar-refractivity contribution is 0.601. The molecule has 14 heavy (non-hydrogen) atoms. The maximum Gasteiger partial charge on any atom is 0.210 e. The molecule has 0 saturated heterocycles. The van der Waals surface area contributed by atoms with Crippen LogP contribution in [0.4, 0.5) is 0 Å². The number of benzene rings is 1. The van der Waals surface area contributed by atoms with Crippen molar-refractivity contribution in [3.05, 3.63) is 23.8 Å². The molecule has 0 saturated carbocycles. The lowest BCUT2D eigenvalue weighted by Gasteiger charge is -1.90. The largest absolute Gasteiger partial charge is 0.225 e. The summed E-state index contributed by atoms with van der Waals surface area (Å²) >= 11 is 1.23. The van der Waals surface area contributed by atoms with Gasteiger partial charge < -0.3 is 0 Å². The Morgan fingerprint density at radius 1 is 1.36 bits per heavy atom. The molecule has 1 aromatic carbocycles. The van der Waals surface area contributed by atoms with Gasteiger partial charge in [0.25, 0.3) is 0 Å². The molecule has 0 unspecified atom stereocenters. The fraction of sp³-hybridized carbons (Fsp3) is 0.222. The molecule has 0 radical (unpaired) electrons. The van der Waals surface area contributed by atoms with Gasteiger partial charge in [-0.15, -0.1) is 11.3 Å². The zero-order valence-corrected chi connectivity index (χ0v) is 9.45. The van der Waals surface area contributed by atoms with Crippen LogP contribution in [-0.2, 0) is 9.84 Å². The SMILES string of the molecule is Cc1cccc2nc(S(C)(=O)=O)sc12. The van der Waals surface area contributed by atoms with Crippen LogP contribution in [0, 0.1) is 6.92 Å². The number of nitrogens with zero attached hydrogens (tertiary/aromatic N) is 1. The zero-order chi connectivity index (χ0) is 10.3. The second-order valence-electron chi connectivity index (χ2n) is 3.18. The minimum absolute atomic E-state index is 0.196. The van der Waals surface area contributed by atoms with E-state index in [1.807, 2.05) is 25.1 Å². The molecule has 1 aromatic heterocycles. The van der Waals surface area contributed by atoms with Crippen molar-refractivity contribution in [2.24, 2.45) is 0 Å². The maximum absolute atomic E-state index is 11.3. The second kappa shape index (κ2) is 3.03. The van der Waals surface area contributed by atoms with Crippen LogP contribution in [0.2, 0.25) is 0 Å². The molecule has 0 fully saturated rings. The van der Waals surface area contributed by atoms with E-state index in [2.05, 4.69) is 4.98 Å². The van der Waals surface area contributed by atoms with Crippen molar-refractivity contribution in [2.75, 3.05) is 6.26 Å². The minimum Gasteiger partial charge on any atom is -0.225 e. The van der Waals surface area contributed by atoms with E-state index in [0.717, 1.165) is 15.8 Å².